The molecule has 2 atom stereocenters. The van der Waals surface area contributed by atoms with Gasteiger partial charge in [0.25, 0.3) is 5.91 Å². The fourth-order valence-electron chi connectivity index (χ4n) is 3.66. The SMILES string of the molecule is Cc1nnc([C@@]23CCO[C@@H]2CCN(C(=O)c2sccc2C)C3)o1. The first kappa shape index (κ1) is 14.8. The summed E-state index contributed by atoms with van der Waals surface area (Å²) in [5.74, 6) is 1.26. The number of carbonyl (C=O) groups excluding carboxylic acids is 1. The largest absolute Gasteiger partial charge is 0.425 e. The molecule has 0 saturated carbocycles. The molecule has 2 aromatic rings. The topological polar surface area (TPSA) is 68.5 Å². The molecule has 7 heteroatoms. The lowest BCUT2D eigenvalue weighted by molar-refractivity contribution is 0.00985. The fraction of sp³-hybridized carbons (Fsp3) is 0.562. The van der Waals surface area contributed by atoms with E-state index in [0.717, 1.165) is 23.3 Å². The van der Waals surface area contributed by atoms with Gasteiger partial charge in [0.2, 0.25) is 11.8 Å². The van der Waals surface area contributed by atoms with Gasteiger partial charge in [0.1, 0.15) is 0 Å². The number of aryl methyl sites for hydroxylation is 2. The van der Waals surface area contributed by atoms with Crippen molar-refractivity contribution in [1.29, 1.82) is 0 Å². The van der Waals surface area contributed by atoms with Gasteiger partial charge in [-0.15, -0.1) is 21.5 Å². The monoisotopic (exact) mass is 333 g/mol. The van der Waals surface area contributed by atoms with E-state index in [4.69, 9.17) is 9.15 Å². The number of carbonyl (C=O) groups is 1. The van der Waals surface area contributed by atoms with Crippen LogP contribution >= 0.6 is 11.3 Å². The second kappa shape index (κ2) is 5.42. The Balaban J connectivity index is 1.66. The van der Waals surface area contributed by atoms with Crippen LogP contribution in [0.25, 0.3) is 0 Å². The molecule has 2 aliphatic heterocycles. The summed E-state index contributed by atoms with van der Waals surface area (Å²) >= 11 is 1.50. The van der Waals surface area contributed by atoms with Crippen LogP contribution in [-0.2, 0) is 10.2 Å². The minimum Gasteiger partial charge on any atom is -0.425 e. The number of hydrogen-bond donors (Lipinski definition) is 0. The van der Waals surface area contributed by atoms with Crippen LogP contribution in [0.1, 0.15) is 39.9 Å². The fourth-order valence-corrected chi connectivity index (χ4v) is 4.55. The van der Waals surface area contributed by atoms with Gasteiger partial charge in [-0.05, 0) is 36.8 Å². The zero-order valence-electron chi connectivity index (χ0n) is 13.2. The first-order valence-corrected chi connectivity index (χ1v) is 8.74. The molecule has 4 heterocycles. The lowest BCUT2D eigenvalue weighted by Gasteiger charge is -2.41. The van der Waals surface area contributed by atoms with Gasteiger partial charge < -0.3 is 14.1 Å². The van der Waals surface area contributed by atoms with E-state index in [1.54, 1.807) is 6.92 Å². The number of ether oxygens (including phenoxy) is 1. The van der Waals surface area contributed by atoms with Crippen LogP contribution in [0.2, 0.25) is 0 Å². The van der Waals surface area contributed by atoms with Crippen molar-refractivity contribution < 1.29 is 13.9 Å². The number of rotatable bonds is 2. The van der Waals surface area contributed by atoms with Crippen LogP contribution in [0.3, 0.4) is 0 Å². The van der Waals surface area contributed by atoms with Gasteiger partial charge in [-0.25, -0.2) is 0 Å². The van der Waals surface area contributed by atoms with Crippen LogP contribution in [0.5, 0.6) is 0 Å². The van der Waals surface area contributed by atoms with Crippen molar-refractivity contribution in [3.8, 4) is 0 Å². The number of hydrogen-bond acceptors (Lipinski definition) is 6. The van der Waals surface area contributed by atoms with Crippen molar-refractivity contribution in [3.63, 3.8) is 0 Å². The average Bonchev–Trinajstić information content (AvgIpc) is 3.25. The Morgan fingerprint density at radius 3 is 3.00 bits per heavy atom. The van der Waals surface area contributed by atoms with Crippen LogP contribution in [-0.4, -0.2) is 46.8 Å². The van der Waals surface area contributed by atoms with Crippen LogP contribution in [0.4, 0.5) is 0 Å². The molecule has 23 heavy (non-hydrogen) atoms. The van der Waals surface area contributed by atoms with Crippen molar-refractivity contribution in [2.45, 2.75) is 38.2 Å². The maximum absolute atomic E-state index is 12.9. The standard InChI is InChI=1S/C16H19N3O3S/c1-10-4-8-23-13(10)14(20)19-6-3-12-16(9-19,5-7-21-12)15-18-17-11(2)22-15/h4,8,12H,3,5-7,9H2,1-2H3/t12-,16-/m1/s1. The van der Waals surface area contributed by atoms with E-state index < -0.39 is 0 Å². The normalized spacial score (nSPS) is 27.2. The molecule has 0 aromatic carbocycles. The minimum absolute atomic E-state index is 0.0517. The molecule has 2 aliphatic rings. The molecule has 0 N–H and O–H groups in total. The summed E-state index contributed by atoms with van der Waals surface area (Å²) in [6, 6.07) is 1.99. The zero-order valence-corrected chi connectivity index (χ0v) is 14.1. The summed E-state index contributed by atoms with van der Waals surface area (Å²) in [4.78, 5) is 15.6. The third-order valence-electron chi connectivity index (χ3n) is 4.91. The van der Waals surface area contributed by atoms with Crippen LogP contribution in [0.15, 0.2) is 15.9 Å². The van der Waals surface area contributed by atoms with Crippen molar-refractivity contribution in [2.75, 3.05) is 19.7 Å². The lowest BCUT2D eigenvalue weighted by atomic mass is 9.76. The van der Waals surface area contributed by atoms with E-state index >= 15 is 0 Å². The third kappa shape index (κ3) is 2.30. The Morgan fingerprint density at radius 1 is 1.43 bits per heavy atom. The Hall–Kier alpha value is -1.73. The molecule has 2 fully saturated rings. The van der Waals surface area contributed by atoms with E-state index in [1.807, 2.05) is 23.3 Å². The molecule has 0 aliphatic carbocycles. The molecule has 0 unspecified atom stereocenters. The maximum Gasteiger partial charge on any atom is 0.264 e. The highest BCUT2D eigenvalue weighted by atomic mass is 32.1. The second-order valence-electron chi connectivity index (χ2n) is 6.34. The number of thiophene rings is 1. The molecule has 0 bridgehead atoms. The van der Waals surface area contributed by atoms with Crippen molar-refractivity contribution in [1.82, 2.24) is 15.1 Å². The Bertz CT molecular complexity index is 741. The molecule has 1 amide bonds. The smallest absolute Gasteiger partial charge is 0.264 e. The molecule has 122 valence electrons. The van der Waals surface area contributed by atoms with E-state index in [1.165, 1.54) is 11.3 Å². The quantitative estimate of drug-likeness (QED) is 0.844. The Morgan fingerprint density at radius 2 is 2.30 bits per heavy atom. The summed E-state index contributed by atoms with van der Waals surface area (Å²) in [6.07, 6.45) is 1.67. The van der Waals surface area contributed by atoms with Gasteiger partial charge >= 0.3 is 0 Å². The van der Waals surface area contributed by atoms with Gasteiger partial charge in [0.15, 0.2) is 0 Å². The van der Waals surface area contributed by atoms with Gasteiger partial charge in [-0.3, -0.25) is 4.79 Å². The average molecular weight is 333 g/mol. The summed E-state index contributed by atoms with van der Waals surface area (Å²) in [6.45, 7) is 5.72. The molecule has 0 spiro atoms. The molecule has 0 radical (unpaired) electrons. The molecule has 2 saturated heterocycles. The van der Waals surface area contributed by atoms with Gasteiger partial charge in [0.05, 0.1) is 16.4 Å². The summed E-state index contributed by atoms with van der Waals surface area (Å²) in [7, 11) is 0. The molecule has 6 nitrogen and oxygen atoms in total. The van der Waals surface area contributed by atoms with Crippen molar-refractivity contribution >= 4 is 17.2 Å². The number of fused-ring (bicyclic) bond motifs is 1. The lowest BCUT2D eigenvalue weighted by Crippen LogP contribution is -2.54. The van der Waals surface area contributed by atoms with E-state index in [9.17, 15) is 4.79 Å². The highest BCUT2D eigenvalue weighted by Gasteiger charge is 2.53. The highest BCUT2D eigenvalue weighted by molar-refractivity contribution is 7.12. The molecule has 2 aromatic heterocycles. The van der Waals surface area contributed by atoms with Gasteiger partial charge in [-0.2, -0.15) is 0 Å². The van der Waals surface area contributed by atoms with E-state index in [-0.39, 0.29) is 17.4 Å². The molecular weight excluding hydrogens is 314 g/mol. The van der Waals surface area contributed by atoms with Crippen LogP contribution < -0.4 is 0 Å². The summed E-state index contributed by atoms with van der Waals surface area (Å²) < 4.78 is 11.6. The third-order valence-corrected chi connectivity index (χ3v) is 5.92. The number of nitrogens with zero attached hydrogens (tertiary/aromatic N) is 3. The summed E-state index contributed by atoms with van der Waals surface area (Å²) in [5.41, 5.74) is 0.674. The predicted octanol–water partition coefficient (Wildman–Crippen LogP) is 2.32. The van der Waals surface area contributed by atoms with Crippen molar-refractivity contribution in [3.05, 3.63) is 33.7 Å². The Kier molecular flexibility index (Phi) is 3.50. The number of aromatic nitrogens is 2. The van der Waals surface area contributed by atoms with Gasteiger partial charge in [-0.1, -0.05) is 0 Å². The zero-order chi connectivity index (χ0) is 16.0. The van der Waals surface area contributed by atoms with Gasteiger partial charge in [0, 0.05) is 26.6 Å². The highest BCUT2D eigenvalue weighted by Crippen LogP contribution is 2.43. The predicted molar refractivity (Wildman–Crippen MR) is 84.6 cm³/mol. The number of amides is 1. The molecular formula is C16H19N3O3S. The first-order valence-electron chi connectivity index (χ1n) is 7.86. The van der Waals surface area contributed by atoms with Crippen molar-refractivity contribution in [2.24, 2.45) is 0 Å². The van der Waals surface area contributed by atoms with E-state index in [0.29, 0.717) is 31.5 Å². The summed E-state index contributed by atoms with van der Waals surface area (Å²) in [5, 5.41) is 10.2. The Labute approximate surface area is 138 Å². The van der Waals surface area contributed by atoms with E-state index in [2.05, 4.69) is 10.2 Å². The molecule has 4 rings (SSSR count). The minimum atomic E-state index is -0.361. The second-order valence-corrected chi connectivity index (χ2v) is 7.26. The first-order chi connectivity index (χ1) is 11.1. The number of piperidine rings is 1. The van der Waals surface area contributed by atoms with Crippen LogP contribution in [0, 0.1) is 13.8 Å². The number of likely N-dealkylation sites (tertiary alicyclic amines) is 1. The maximum atomic E-state index is 12.9.